The van der Waals surface area contributed by atoms with Gasteiger partial charge in [-0.05, 0) is 23.8 Å². The number of nitrogens with zero attached hydrogens (tertiary/aromatic N) is 2. The summed E-state index contributed by atoms with van der Waals surface area (Å²) in [5, 5.41) is 5.73. The number of benzene rings is 2. The van der Waals surface area contributed by atoms with Crippen LogP contribution in [0, 0.1) is 0 Å². The Hall–Kier alpha value is -2.33. The molecule has 0 amide bonds. The first-order valence-corrected chi connectivity index (χ1v) is 6.59. The van der Waals surface area contributed by atoms with Crippen LogP contribution in [-0.4, -0.2) is 16.9 Å². The normalized spacial score (nSPS) is 10.9. The van der Waals surface area contributed by atoms with Crippen LogP contribution in [0.2, 0.25) is 0 Å². The van der Waals surface area contributed by atoms with Gasteiger partial charge in [0.05, 0.1) is 24.9 Å². The molecule has 0 unspecified atom stereocenters. The minimum Gasteiger partial charge on any atom is -0.497 e. The number of hydrogen-bond donors (Lipinski definition) is 1. The predicted octanol–water partition coefficient (Wildman–Crippen LogP) is 2.55. The first-order valence-electron chi connectivity index (χ1n) is 6.59. The van der Waals surface area contributed by atoms with Crippen LogP contribution in [0.3, 0.4) is 0 Å². The van der Waals surface area contributed by atoms with Gasteiger partial charge in [-0.1, -0.05) is 30.3 Å². The average molecular weight is 267 g/mol. The highest BCUT2D eigenvalue weighted by atomic mass is 16.5. The number of para-hydroxylation sites is 1. The van der Waals surface area contributed by atoms with Crippen molar-refractivity contribution >= 4 is 10.9 Å². The molecule has 2 aromatic carbocycles. The number of hydrogen-bond acceptors (Lipinski definition) is 3. The lowest BCUT2D eigenvalue weighted by atomic mass is 10.2. The molecule has 0 saturated heterocycles. The van der Waals surface area contributed by atoms with Gasteiger partial charge in [0.15, 0.2) is 0 Å². The molecule has 0 saturated carbocycles. The first kappa shape index (κ1) is 12.7. The zero-order valence-corrected chi connectivity index (χ0v) is 11.4. The molecule has 0 aliphatic rings. The summed E-state index contributed by atoms with van der Waals surface area (Å²) in [4.78, 5) is 0. The van der Waals surface area contributed by atoms with Crippen molar-refractivity contribution in [2.24, 2.45) is 5.73 Å². The van der Waals surface area contributed by atoms with Crippen LogP contribution in [-0.2, 0) is 13.1 Å². The molecular formula is C16H17N3O. The molecule has 4 nitrogen and oxygen atoms in total. The van der Waals surface area contributed by atoms with Crippen molar-refractivity contribution in [3.05, 3.63) is 59.8 Å². The molecule has 0 bridgehead atoms. The lowest BCUT2D eigenvalue weighted by Crippen LogP contribution is -2.04. The summed E-state index contributed by atoms with van der Waals surface area (Å²) >= 11 is 0. The Morgan fingerprint density at radius 3 is 2.55 bits per heavy atom. The third kappa shape index (κ3) is 2.26. The lowest BCUT2D eigenvalue weighted by Gasteiger charge is -2.05. The molecule has 1 aromatic heterocycles. The fraction of sp³-hybridized carbons (Fsp3) is 0.188. The molecule has 2 N–H and O–H groups in total. The van der Waals surface area contributed by atoms with Crippen LogP contribution in [0.1, 0.15) is 11.3 Å². The van der Waals surface area contributed by atoms with E-state index in [-0.39, 0.29) is 0 Å². The van der Waals surface area contributed by atoms with Gasteiger partial charge >= 0.3 is 0 Å². The van der Waals surface area contributed by atoms with Gasteiger partial charge in [0.1, 0.15) is 5.75 Å². The summed E-state index contributed by atoms with van der Waals surface area (Å²) in [6, 6.07) is 16.2. The molecular weight excluding hydrogens is 250 g/mol. The van der Waals surface area contributed by atoms with E-state index in [1.165, 1.54) is 5.56 Å². The monoisotopic (exact) mass is 267 g/mol. The van der Waals surface area contributed by atoms with Gasteiger partial charge in [-0.2, -0.15) is 5.10 Å². The van der Waals surface area contributed by atoms with Crippen molar-refractivity contribution in [1.29, 1.82) is 0 Å². The molecule has 0 spiro atoms. The largest absolute Gasteiger partial charge is 0.497 e. The van der Waals surface area contributed by atoms with Gasteiger partial charge in [-0.25, -0.2) is 0 Å². The van der Waals surface area contributed by atoms with E-state index in [4.69, 9.17) is 10.5 Å². The van der Waals surface area contributed by atoms with E-state index in [1.54, 1.807) is 7.11 Å². The van der Waals surface area contributed by atoms with Crippen LogP contribution >= 0.6 is 0 Å². The second-order valence-corrected chi connectivity index (χ2v) is 4.67. The maximum Gasteiger partial charge on any atom is 0.118 e. The summed E-state index contributed by atoms with van der Waals surface area (Å²) in [7, 11) is 1.67. The van der Waals surface area contributed by atoms with Crippen LogP contribution in [0.5, 0.6) is 5.75 Å². The molecule has 0 aliphatic heterocycles. The number of ether oxygens (including phenoxy) is 1. The second kappa shape index (κ2) is 5.35. The Kier molecular flexibility index (Phi) is 3.39. The maximum atomic E-state index is 5.77. The summed E-state index contributed by atoms with van der Waals surface area (Å²) in [6.45, 7) is 1.18. The zero-order valence-electron chi connectivity index (χ0n) is 11.4. The van der Waals surface area contributed by atoms with Gasteiger partial charge in [0.25, 0.3) is 0 Å². The van der Waals surface area contributed by atoms with Gasteiger partial charge in [-0.3, -0.25) is 4.68 Å². The van der Waals surface area contributed by atoms with Crippen LogP contribution in [0.4, 0.5) is 0 Å². The Labute approximate surface area is 117 Å². The van der Waals surface area contributed by atoms with E-state index in [0.29, 0.717) is 6.54 Å². The highest BCUT2D eigenvalue weighted by Gasteiger charge is 2.08. The molecule has 0 aliphatic carbocycles. The van der Waals surface area contributed by atoms with Crippen molar-refractivity contribution in [3.63, 3.8) is 0 Å². The Morgan fingerprint density at radius 2 is 1.85 bits per heavy atom. The highest BCUT2D eigenvalue weighted by molar-refractivity contribution is 5.82. The fourth-order valence-corrected chi connectivity index (χ4v) is 2.37. The average Bonchev–Trinajstić information content (AvgIpc) is 2.86. The SMILES string of the molecule is COc1ccc(Cn2nc(CN)c3ccccc32)cc1. The zero-order chi connectivity index (χ0) is 13.9. The van der Waals surface area contributed by atoms with Gasteiger partial charge in [-0.15, -0.1) is 0 Å². The van der Waals surface area contributed by atoms with Gasteiger partial charge < -0.3 is 10.5 Å². The smallest absolute Gasteiger partial charge is 0.118 e. The summed E-state index contributed by atoms with van der Waals surface area (Å²) in [6.07, 6.45) is 0. The third-order valence-corrected chi connectivity index (χ3v) is 3.42. The number of aromatic nitrogens is 2. The van der Waals surface area contributed by atoms with E-state index in [2.05, 4.69) is 29.4 Å². The van der Waals surface area contributed by atoms with E-state index in [1.807, 2.05) is 28.9 Å². The van der Waals surface area contributed by atoms with E-state index >= 15 is 0 Å². The molecule has 3 rings (SSSR count). The van der Waals surface area contributed by atoms with Crippen molar-refractivity contribution in [2.75, 3.05) is 7.11 Å². The predicted molar refractivity (Wildman–Crippen MR) is 79.7 cm³/mol. The van der Waals surface area contributed by atoms with Crippen molar-refractivity contribution in [1.82, 2.24) is 9.78 Å². The summed E-state index contributed by atoms with van der Waals surface area (Å²) < 4.78 is 7.17. The Balaban J connectivity index is 1.97. The van der Waals surface area contributed by atoms with Crippen LogP contribution in [0.25, 0.3) is 10.9 Å². The molecule has 0 radical (unpaired) electrons. The van der Waals surface area contributed by atoms with Gasteiger partial charge in [0.2, 0.25) is 0 Å². The van der Waals surface area contributed by atoms with E-state index < -0.39 is 0 Å². The Morgan fingerprint density at radius 1 is 1.10 bits per heavy atom. The second-order valence-electron chi connectivity index (χ2n) is 4.67. The number of methoxy groups -OCH3 is 1. The van der Waals surface area contributed by atoms with Gasteiger partial charge in [0, 0.05) is 11.9 Å². The standard InChI is InChI=1S/C16H17N3O/c1-20-13-8-6-12(7-9-13)11-19-16-5-3-2-4-14(16)15(10-17)18-19/h2-9H,10-11,17H2,1H3. The summed E-state index contributed by atoms with van der Waals surface area (Å²) in [5.74, 6) is 0.863. The number of rotatable bonds is 4. The third-order valence-electron chi connectivity index (χ3n) is 3.42. The molecule has 0 fully saturated rings. The van der Waals surface area contributed by atoms with Crippen molar-refractivity contribution in [2.45, 2.75) is 13.1 Å². The molecule has 4 heteroatoms. The molecule has 20 heavy (non-hydrogen) atoms. The van der Waals surface area contributed by atoms with E-state index in [0.717, 1.165) is 28.9 Å². The van der Waals surface area contributed by atoms with E-state index in [9.17, 15) is 0 Å². The first-order chi connectivity index (χ1) is 9.81. The molecule has 1 heterocycles. The Bertz CT molecular complexity index is 716. The lowest BCUT2D eigenvalue weighted by molar-refractivity contribution is 0.414. The number of fused-ring (bicyclic) bond motifs is 1. The summed E-state index contributed by atoms with van der Waals surface area (Å²) in [5.41, 5.74) is 9.00. The maximum absolute atomic E-state index is 5.77. The highest BCUT2D eigenvalue weighted by Crippen LogP contribution is 2.20. The van der Waals surface area contributed by atoms with Crippen molar-refractivity contribution < 1.29 is 4.74 Å². The van der Waals surface area contributed by atoms with Crippen LogP contribution in [0.15, 0.2) is 48.5 Å². The minimum absolute atomic E-state index is 0.454. The molecule has 0 atom stereocenters. The quantitative estimate of drug-likeness (QED) is 0.790. The fourth-order valence-electron chi connectivity index (χ4n) is 2.37. The number of nitrogens with two attached hydrogens (primary N) is 1. The molecule has 102 valence electrons. The van der Waals surface area contributed by atoms with Crippen molar-refractivity contribution in [3.8, 4) is 5.75 Å². The molecule has 3 aromatic rings. The topological polar surface area (TPSA) is 53.1 Å². The minimum atomic E-state index is 0.454. The van der Waals surface area contributed by atoms with Crippen LogP contribution < -0.4 is 10.5 Å².